The molecule has 0 fully saturated rings. The van der Waals surface area contributed by atoms with Gasteiger partial charge in [0.15, 0.2) is 0 Å². The molecule has 0 aliphatic rings. The molecule has 0 spiro atoms. The van der Waals surface area contributed by atoms with Gasteiger partial charge in [-0.1, -0.05) is 50.2 Å². The Hall–Kier alpha value is -2.82. The first kappa shape index (κ1) is 19.5. The molecule has 2 rings (SSSR count). The van der Waals surface area contributed by atoms with Crippen molar-refractivity contribution in [3.8, 4) is 0 Å². The third-order valence-corrected chi connectivity index (χ3v) is 4.23. The largest absolute Gasteiger partial charge is 0.376 e. The van der Waals surface area contributed by atoms with Crippen LogP contribution >= 0.6 is 0 Å². The summed E-state index contributed by atoms with van der Waals surface area (Å²) in [7, 11) is 0. The molecule has 0 radical (unpaired) electrons. The van der Waals surface area contributed by atoms with E-state index in [-0.39, 0.29) is 24.4 Å². The third kappa shape index (κ3) is 5.62. The number of nitrogens with one attached hydrogen (secondary N) is 3. The Morgan fingerprint density at radius 1 is 1.00 bits per heavy atom. The molecule has 0 bridgehead atoms. The zero-order valence-corrected chi connectivity index (χ0v) is 15.6. The average Bonchev–Trinajstić information content (AvgIpc) is 2.67. The van der Waals surface area contributed by atoms with Crippen molar-refractivity contribution < 1.29 is 9.59 Å². The van der Waals surface area contributed by atoms with Gasteiger partial charge in [-0.05, 0) is 36.6 Å². The fourth-order valence-electron chi connectivity index (χ4n) is 2.64. The van der Waals surface area contributed by atoms with E-state index in [2.05, 4.69) is 16.0 Å². The van der Waals surface area contributed by atoms with E-state index in [0.29, 0.717) is 6.42 Å². The van der Waals surface area contributed by atoms with E-state index in [0.717, 1.165) is 28.9 Å². The van der Waals surface area contributed by atoms with Crippen LogP contribution in [0.15, 0.2) is 48.5 Å². The standard InChI is InChI=1S/C21H27N3O2/c1-4-18(16-9-7-6-8-10-16)23-21(26)14-22-17-12-11-15(3)19(13-17)24-20(25)5-2/h6-13,18,22H,4-5,14H2,1-3H3,(H,23,26)(H,24,25). The molecule has 3 N–H and O–H groups in total. The summed E-state index contributed by atoms with van der Waals surface area (Å²) in [5.41, 5.74) is 3.64. The van der Waals surface area contributed by atoms with E-state index < -0.39 is 0 Å². The average molecular weight is 353 g/mol. The summed E-state index contributed by atoms with van der Waals surface area (Å²) in [6.45, 7) is 5.98. The van der Waals surface area contributed by atoms with Crippen molar-refractivity contribution in [1.29, 1.82) is 0 Å². The van der Waals surface area contributed by atoms with Gasteiger partial charge in [0, 0.05) is 17.8 Å². The lowest BCUT2D eigenvalue weighted by molar-refractivity contribution is -0.120. The molecule has 0 heterocycles. The van der Waals surface area contributed by atoms with Gasteiger partial charge in [0.25, 0.3) is 0 Å². The fraction of sp³-hybridized carbons (Fsp3) is 0.333. The van der Waals surface area contributed by atoms with Crippen molar-refractivity contribution in [3.63, 3.8) is 0 Å². The van der Waals surface area contributed by atoms with E-state index in [9.17, 15) is 9.59 Å². The second kappa shape index (κ2) is 9.61. The molecule has 2 amide bonds. The topological polar surface area (TPSA) is 70.2 Å². The lowest BCUT2D eigenvalue weighted by atomic mass is 10.0. The lowest BCUT2D eigenvalue weighted by Gasteiger charge is -2.18. The number of rotatable bonds is 8. The quantitative estimate of drug-likeness (QED) is 0.671. The molecular weight excluding hydrogens is 326 g/mol. The maximum atomic E-state index is 12.3. The minimum absolute atomic E-state index is 0.00270. The van der Waals surface area contributed by atoms with Crippen LogP contribution in [0.1, 0.15) is 43.9 Å². The Balaban J connectivity index is 1.94. The number of carbonyl (C=O) groups excluding carboxylic acids is 2. The van der Waals surface area contributed by atoms with Gasteiger partial charge >= 0.3 is 0 Å². The first-order valence-electron chi connectivity index (χ1n) is 9.02. The van der Waals surface area contributed by atoms with Crippen LogP contribution in [0.2, 0.25) is 0 Å². The second-order valence-electron chi connectivity index (χ2n) is 6.22. The molecule has 0 aliphatic heterocycles. The fourth-order valence-corrected chi connectivity index (χ4v) is 2.64. The Bertz CT molecular complexity index is 744. The first-order valence-corrected chi connectivity index (χ1v) is 9.02. The summed E-state index contributed by atoms with van der Waals surface area (Å²) in [4.78, 5) is 23.9. The first-order chi connectivity index (χ1) is 12.5. The summed E-state index contributed by atoms with van der Waals surface area (Å²) in [6.07, 6.45) is 1.25. The maximum Gasteiger partial charge on any atom is 0.239 e. The molecule has 0 saturated heterocycles. The Kier molecular flexibility index (Phi) is 7.21. The molecule has 138 valence electrons. The maximum absolute atomic E-state index is 12.3. The normalized spacial score (nSPS) is 11.5. The van der Waals surface area contributed by atoms with Crippen LogP contribution in [0.5, 0.6) is 0 Å². The highest BCUT2D eigenvalue weighted by Crippen LogP contribution is 2.20. The number of hydrogen-bond acceptors (Lipinski definition) is 3. The number of anilines is 2. The Morgan fingerprint density at radius 3 is 2.38 bits per heavy atom. The highest BCUT2D eigenvalue weighted by atomic mass is 16.2. The molecular formula is C21H27N3O2. The zero-order valence-electron chi connectivity index (χ0n) is 15.6. The number of hydrogen-bond donors (Lipinski definition) is 3. The number of aryl methyl sites for hydroxylation is 1. The third-order valence-electron chi connectivity index (χ3n) is 4.23. The van der Waals surface area contributed by atoms with E-state index in [4.69, 9.17) is 0 Å². The van der Waals surface area contributed by atoms with Gasteiger partial charge in [-0.15, -0.1) is 0 Å². The summed E-state index contributed by atoms with van der Waals surface area (Å²) in [5.74, 6) is -0.0999. The molecule has 0 saturated carbocycles. The smallest absolute Gasteiger partial charge is 0.239 e. The molecule has 1 atom stereocenters. The second-order valence-corrected chi connectivity index (χ2v) is 6.22. The zero-order chi connectivity index (χ0) is 18.9. The minimum Gasteiger partial charge on any atom is -0.376 e. The van der Waals surface area contributed by atoms with Crippen LogP contribution < -0.4 is 16.0 Å². The van der Waals surface area contributed by atoms with Crippen molar-refractivity contribution in [1.82, 2.24) is 5.32 Å². The molecule has 1 unspecified atom stereocenters. The molecule has 2 aromatic rings. The van der Waals surface area contributed by atoms with Gasteiger partial charge in [-0.2, -0.15) is 0 Å². The van der Waals surface area contributed by atoms with Gasteiger partial charge in [-0.25, -0.2) is 0 Å². The SMILES string of the molecule is CCC(=O)Nc1cc(NCC(=O)NC(CC)c2ccccc2)ccc1C. The lowest BCUT2D eigenvalue weighted by Crippen LogP contribution is -2.33. The summed E-state index contributed by atoms with van der Waals surface area (Å²) in [5, 5.41) is 9.04. The van der Waals surface area contributed by atoms with E-state index in [1.165, 1.54) is 0 Å². The van der Waals surface area contributed by atoms with Crippen molar-refractivity contribution in [2.75, 3.05) is 17.2 Å². The van der Waals surface area contributed by atoms with Gasteiger partial charge in [0.2, 0.25) is 11.8 Å². The molecule has 0 aliphatic carbocycles. The van der Waals surface area contributed by atoms with Gasteiger partial charge in [0.05, 0.1) is 12.6 Å². The molecule has 26 heavy (non-hydrogen) atoms. The predicted molar refractivity (Wildman–Crippen MR) is 106 cm³/mol. The minimum atomic E-state index is -0.0691. The molecule has 5 heteroatoms. The number of benzene rings is 2. The van der Waals surface area contributed by atoms with E-state index in [1.807, 2.05) is 69.3 Å². The summed E-state index contributed by atoms with van der Waals surface area (Å²) < 4.78 is 0. The highest BCUT2D eigenvalue weighted by molar-refractivity contribution is 5.92. The summed E-state index contributed by atoms with van der Waals surface area (Å²) >= 11 is 0. The Morgan fingerprint density at radius 2 is 1.73 bits per heavy atom. The van der Waals surface area contributed by atoms with E-state index in [1.54, 1.807) is 0 Å². The number of amides is 2. The van der Waals surface area contributed by atoms with Crippen LogP contribution in [-0.4, -0.2) is 18.4 Å². The van der Waals surface area contributed by atoms with Crippen molar-refractivity contribution >= 4 is 23.2 Å². The monoisotopic (exact) mass is 353 g/mol. The molecule has 2 aromatic carbocycles. The van der Waals surface area contributed by atoms with Crippen LogP contribution in [0, 0.1) is 6.92 Å². The van der Waals surface area contributed by atoms with Crippen LogP contribution in [-0.2, 0) is 9.59 Å². The van der Waals surface area contributed by atoms with E-state index >= 15 is 0 Å². The summed E-state index contributed by atoms with van der Waals surface area (Å²) in [6, 6.07) is 15.6. The van der Waals surface area contributed by atoms with Crippen LogP contribution in [0.3, 0.4) is 0 Å². The molecule has 5 nitrogen and oxygen atoms in total. The predicted octanol–water partition coefficient (Wildman–Crippen LogP) is 4.02. The van der Waals surface area contributed by atoms with Crippen LogP contribution in [0.25, 0.3) is 0 Å². The van der Waals surface area contributed by atoms with Gasteiger partial charge in [-0.3, -0.25) is 9.59 Å². The van der Waals surface area contributed by atoms with Crippen molar-refractivity contribution in [2.24, 2.45) is 0 Å². The van der Waals surface area contributed by atoms with Crippen molar-refractivity contribution in [3.05, 3.63) is 59.7 Å². The van der Waals surface area contributed by atoms with Crippen molar-refractivity contribution in [2.45, 2.75) is 39.7 Å². The highest BCUT2D eigenvalue weighted by Gasteiger charge is 2.12. The molecule has 0 aromatic heterocycles. The van der Waals surface area contributed by atoms with Gasteiger partial charge < -0.3 is 16.0 Å². The van der Waals surface area contributed by atoms with Crippen LogP contribution in [0.4, 0.5) is 11.4 Å². The number of carbonyl (C=O) groups is 2. The Labute approximate surface area is 155 Å². The van der Waals surface area contributed by atoms with Gasteiger partial charge in [0.1, 0.15) is 0 Å².